The third-order valence-corrected chi connectivity index (χ3v) is 4.33. The summed E-state index contributed by atoms with van der Waals surface area (Å²) in [6.45, 7) is 8.15. The van der Waals surface area contributed by atoms with Crippen LogP contribution in [0.4, 0.5) is 5.82 Å². The molecule has 1 aliphatic rings. The molecule has 0 unspecified atom stereocenters. The highest BCUT2D eigenvalue weighted by Gasteiger charge is 2.23. The number of aromatic nitrogens is 3. The fraction of sp³-hybridized carbons (Fsp3) is 0.588. The number of carbonyl (C=O) groups is 1. The monoisotopic (exact) mass is 316 g/mol. The third-order valence-electron chi connectivity index (χ3n) is 4.33. The molecule has 0 bridgehead atoms. The number of carboxylic acid groups (broad SMARTS) is 1. The van der Waals surface area contributed by atoms with Crippen LogP contribution in [0, 0.1) is 0 Å². The second-order valence-electron chi connectivity index (χ2n) is 7.26. The standard InChI is InChI=1S/C17H24N4O2/c1-17(2,3)13-11-14-18-12(16(22)23)10-15(21(14)19-13)20-8-6-4-5-7-9-20/h10-11H,4-9H2,1-3H3,(H,22,23). The second kappa shape index (κ2) is 5.83. The number of aromatic carboxylic acids is 1. The highest BCUT2D eigenvalue weighted by Crippen LogP contribution is 2.26. The van der Waals surface area contributed by atoms with Crippen molar-refractivity contribution in [3.05, 3.63) is 23.5 Å². The summed E-state index contributed by atoms with van der Waals surface area (Å²) in [6, 6.07) is 3.55. The van der Waals surface area contributed by atoms with Gasteiger partial charge in [0.25, 0.3) is 0 Å². The van der Waals surface area contributed by atoms with Gasteiger partial charge in [-0.15, -0.1) is 0 Å². The van der Waals surface area contributed by atoms with Crippen LogP contribution in [-0.2, 0) is 5.41 Å². The molecule has 23 heavy (non-hydrogen) atoms. The van der Waals surface area contributed by atoms with Crippen molar-refractivity contribution in [3.8, 4) is 0 Å². The largest absolute Gasteiger partial charge is 0.477 e. The van der Waals surface area contributed by atoms with Crippen molar-refractivity contribution in [1.82, 2.24) is 14.6 Å². The predicted molar refractivity (Wildman–Crippen MR) is 89.3 cm³/mol. The molecule has 0 spiro atoms. The first-order valence-electron chi connectivity index (χ1n) is 8.26. The van der Waals surface area contributed by atoms with Crippen molar-refractivity contribution in [2.24, 2.45) is 0 Å². The smallest absolute Gasteiger partial charge is 0.354 e. The molecule has 1 aliphatic heterocycles. The molecule has 124 valence electrons. The van der Waals surface area contributed by atoms with E-state index in [0.717, 1.165) is 37.4 Å². The maximum Gasteiger partial charge on any atom is 0.354 e. The second-order valence-corrected chi connectivity index (χ2v) is 7.26. The molecular formula is C17H24N4O2. The van der Waals surface area contributed by atoms with Gasteiger partial charge < -0.3 is 10.0 Å². The Labute approximate surface area is 136 Å². The van der Waals surface area contributed by atoms with Crippen molar-refractivity contribution >= 4 is 17.4 Å². The van der Waals surface area contributed by atoms with Gasteiger partial charge in [0, 0.05) is 30.6 Å². The van der Waals surface area contributed by atoms with Gasteiger partial charge in [0.1, 0.15) is 5.82 Å². The zero-order chi connectivity index (χ0) is 16.6. The molecule has 6 heteroatoms. The zero-order valence-corrected chi connectivity index (χ0v) is 14.0. The molecule has 0 saturated carbocycles. The average Bonchev–Trinajstić information content (AvgIpc) is 2.74. The molecule has 0 atom stereocenters. The summed E-state index contributed by atoms with van der Waals surface area (Å²) in [4.78, 5) is 17.9. The Kier molecular flexibility index (Phi) is 4.00. The van der Waals surface area contributed by atoms with E-state index in [0.29, 0.717) is 5.65 Å². The Morgan fingerprint density at radius 3 is 2.35 bits per heavy atom. The van der Waals surface area contributed by atoms with E-state index in [2.05, 4.69) is 30.7 Å². The SMILES string of the molecule is CC(C)(C)c1cc2nc(C(=O)O)cc(N3CCCCCC3)n2n1. The van der Waals surface area contributed by atoms with Crippen LogP contribution >= 0.6 is 0 Å². The van der Waals surface area contributed by atoms with Gasteiger partial charge in [-0.1, -0.05) is 33.6 Å². The Morgan fingerprint density at radius 2 is 1.78 bits per heavy atom. The molecule has 2 aromatic rings. The average molecular weight is 316 g/mol. The lowest BCUT2D eigenvalue weighted by molar-refractivity contribution is 0.0690. The molecule has 0 amide bonds. The van der Waals surface area contributed by atoms with Gasteiger partial charge in [0.15, 0.2) is 11.3 Å². The van der Waals surface area contributed by atoms with Gasteiger partial charge in [-0.05, 0) is 12.8 Å². The van der Waals surface area contributed by atoms with Gasteiger partial charge in [0.2, 0.25) is 0 Å². The van der Waals surface area contributed by atoms with Crippen LogP contribution in [-0.4, -0.2) is 38.8 Å². The van der Waals surface area contributed by atoms with Crippen LogP contribution in [0.1, 0.15) is 62.6 Å². The molecule has 1 N–H and O–H groups in total. The molecular weight excluding hydrogens is 292 g/mol. The van der Waals surface area contributed by atoms with Crippen LogP contribution in [0.5, 0.6) is 0 Å². The normalized spacial score (nSPS) is 16.6. The number of anilines is 1. The summed E-state index contributed by atoms with van der Waals surface area (Å²) in [5.41, 5.74) is 1.50. The van der Waals surface area contributed by atoms with Gasteiger partial charge in [0.05, 0.1) is 5.69 Å². The van der Waals surface area contributed by atoms with Crippen molar-refractivity contribution < 1.29 is 9.90 Å². The Morgan fingerprint density at radius 1 is 1.13 bits per heavy atom. The first kappa shape index (κ1) is 15.8. The summed E-state index contributed by atoms with van der Waals surface area (Å²) < 4.78 is 1.80. The van der Waals surface area contributed by atoms with Gasteiger partial charge in [-0.3, -0.25) is 0 Å². The maximum atomic E-state index is 11.4. The number of hydrogen-bond donors (Lipinski definition) is 1. The van der Waals surface area contributed by atoms with E-state index in [1.165, 1.54) is 12.8 Å². The molecule has 0 radical (unpaired) electrons. The Bertz CT molecular complexity index is 722. The molecule has 3 heterocycles. The van der Waals surface area contributed by atoms with Crippen molar-refractivity contribution in [2.75, 3.05) is 18.0 Å². The van der Waals surface area contributed by atoms with E-state index in [1.54, 1.807) is 10.6 Å². The first-order chi connectivity index (χ1) is 10.9. The van der Waals surface area contributed by atoms with Gasteiger partial charge in [-0.25, -0.2) is 9.78 Å². The van der Waals surface area contributed by atoms with Crippen LogP contribution in [0.25, 0.3) is 5.65 Å². The van der Waals surface area contributed by atoms with Crippen LogP contribution in [0.15, 0.2) is 12.1 Å². The van der Waals surface area contributed by atoms with Gasteiger partial charge in [-0.2, -0.15) is 9.61 Å². The maximum absolute atomic E-state index is 11.4. The first-order valence-corrected chi connectivity index (χ1v) is 8.26. The number of rotatable bonds is 2. The lowest BCUT2D eigenvalue weighted by Crippen LogP contribution is -2.27. The van der Waals surface area contributed by atoms with Crippen molar-refractivity contribution in [3.63, 3.8) is 0 Å². The fourth-order valence-electron chi connectivity index (χ4n) is 2.96. The minimum Gasteiger partial charge on any atom is -0.477 e. The summed E-state index contributed by atoms with van der Waals surface area (Å²) in [6.07, 6.45) is 4.70. The fourth-order valence-corrected chi connectivity index (χ4v) is 2.96. The summed E-state index contributed by atoms with van der Waals surface area (Å²) >= 11 is 0. The summed E-state index contributed by atoms with van der Waals surface area (Å²) in [7, 11) is 0. The zero-order valence-electron chi connectivity index (χ0n) is 14.0. The van der Waals surface area contributed by atoms with Crippen molar-refractivity contribution in [2.45, 2.75) is 51.9 Å². The molecule has 2 aromatic heterocycles. The topological polar surface area (TPSA) is 70.7 Å². The van der Waals surface area contributed by atoms with Crippen LogP contribution in [0.2, 0.25) is 0 Å². The molecule has 6 nitrogen and oxygen atoms in total. The quantitative estimate of drug-likeness (QED) is 0.922. The lowest BCUT2D eigenvalue weighted by atomic mass is 9.93. The Hall–Kier alpha value is -2.11. The van der Waals surface area contributed by atoms with E-state index in [9.17, 15) is 9.90 Å². The predicted octanol–water partition coefficient (Wildman–Crippen LogP) is 3.11. The Balaban J connectivity index is 2.16. The van der Waals surface area contributed by atoms with E-state index >= 15 is 0 Å². The number of nitrogens with zero attached hydrogens (tertiary/aromatic N) is 4. The number of carboxylic acids is 1. The molecule has 1 fully saturated rings. The van der Waals surface area contributed by atoms with E-state index in [-0.39, 0.29) is 11.1 Å². The third kappa shape index (κ3) is 3.16. The summed E-state index contributed by atoms with van der Waals surface area (Å²) in [5.74, 6) is -0.160. The molecule has 1 saturated heterocycles. The molecule has 0 aromatic carbocycles. The van der Waals surface area contributed by atoms with Gasteiger partial charge >= 0.3 is 5.97 Å². The van der Waals surface area contributed by atoms with Crippen LogP contribution in [0.3, 0.4) is 0 Å². The van der Waals surface area contributed by atoms with E-state index in [4.69, 9.17) is 5.10 Å². The lowest BCUT2D eigenvalue weighted by Gasteiger charge is -2.23. The van der Waals surface area contributed by atoms with E-state index < -0.39 is 5.97 Å². The highest BCUT2D eigenvalue weighted by molar-refractivity contribution is 5.87. The summed E-state index contributed by atoms with van der Waals surface area (Å²) in [5, 5.41) is 14.1. The van der Waals surface area contributed by atoms with E-state index in [1.807, 2.05) is 6.07 Å². The minimum atomic E-state index is -0.998. The molecule has 3 rings (SSSR count). The van der Waals surface area contributed by atoms with Crippen LogP contribution < -0.4 is 4.90 Å². The number of fused-ring (bicyclic) bond motifs is 1. The number of hydrogen-bond acceptors (Lipinski definition) is 4. The van der Waals surface area contributed by atoms with Crippen molar-refractivity contribution in [1.29, 1.82) is 0 Å². The molecule has 0 aliphatic carbocycles. The minimum absolute atomic E-state index is 0.0807. The highest BCUT2D eigenvalue weighted by atomic mass is 16.4.